The van der Waals surface area contributed by atoms with Gasteiger partial charge in [0, 0.05) is 6.54 Å². The first-order valence-electron chi connectivity index (χ1n) is 5.35. The molecule has 0 saturated carbocycles. The molecule has 2 unspecified atom stereocenters. The maximum atomic E-state index is 13.6. The molecule has 1 saturated heterocycles. The van der Waals surface area contributed by atoms with E-state index in [9.17, 15) is 8.60 Å². The largest absolute Gasteiger partial charge is 0.316 e. The molecular formula is C11H15FN2OS. The molecule has 1 aromatic rings. The minimum absolute atomic E-state index is 0.0764. The van der Waals surface area contributed by atoms with E-state index in [0.29, 0.717) is 5.92 Å². The summed E-state index contributed by atoms with van der Waals surface area (Å²) in [5, 5.41) is 8.45. The third-order valence-corrected chi connectivity index (χ3v) is 3.71. The van der Waals surface area contributed by atoms with Crippen LogP contribution < -0.4 is 10.5 Å². The van der Waals surface area contributed by atoms with Gasteiger partial charge in [-0.25, -0.2) is 13.7 Å². The third-order valence-electron chi connectivity index (χ3n) is 2.94. The summed E-state index contributed by atoms with van der Waals surface area (Å²) in [7, 11) is -1.74. The molecule has 88 valence electrons. The van der Waals surface area contributed by atoms with Crippen molar-refractivity contribution < 1.29 is 8.60 Å². The molecule has 0 aromatic heterocycles. The van der Waals surface area contributed by atoms with Crippen molar-refractivity contribution in [2.75, 3.05) is 13.1 Å². The van der Waals surface area contributed by atoms with E-state index in [4.69, 9.17) is 5.14 Å². The Bertz CT molecular complexity index is 405. The van der Waals surface area contributed by atoms with Crippen molar-refractivity contribution in [1.82, 2.24) is 5.32 Å². The molecule has 0 spiro atoms. The second-order valence-electron chi connectivity index (χ2n) is 4.03. The van der Waals surface area contributed by atoms with Gasteiger partial charge in [-0.2, -0.15) is 0 Å². The van der Waals surface area contributed by atoms with E-state index in [1.807, 2.05) is 6.07 Å². The van der Waals surface area contributed by atoms with Gasteiger partial charge >= 0.3 is 0 Å². The fourth-order valence-corrected chi connectivity index (χ4v) is 2.52. The zero-order valence-corrected chi connectivity index (χ0v) is 9.73. The molecule has 2 rings (SSSR count). The van der Waals surface area contributed by atoms with Gasteiger partial charge in [-0.05, 0) is 43.0 Å². The maximum Gasteiger partial charge on any atom is 0.140 e. The highest BCUT2D eigenvalue weighted by molar-refractivity contribution is 7.82. The lowest BCUT2D eigenvalue weighted by Gasteiger charge is -2.23. The van der Waals surface area contributed by atoms with Crippen LogP contribution in [-0.4, -0.2) is 17.3 Å². The Kier molecular flexibility index (Phi) is 3.68. The van der Waals surface area contributed by atoms with Gasteiger partial charge in [0.2, 0.25) is 0 Å². The van der Waals surface area contributed by atoms with Crippen molar-refractivity contribution in [2.45, 2.75) is 23.7 Å². The summed E-state index contributed by atoms with van der Waals surface area (Å²) in [4.78, 5) is 0.0764. The number of nitrogens with two attached hydrogens (primary N) is 1. The normalized spacial score (nSPS) is 23.0. The zero-order chi connectivity index (χ0) is 11.5. The van der Waals surface area contributed by atoms with Crippen molar-refractivity contribution >= 4 is 11.0 Å². The summed E-state index contributed by atoms with van der Waals surface area (Å²) < 4.78 is 24.6. The van der Waals surface area contributed by atoms with Crippen LogP contribution in [0.4, 0.5) is 4.39 Å². The van der Waals surface area contributed by atoms with Gasteiger partial charge < -0.3 is 5.32 Å². The van der Waals surface area contributed by atoms with Crippen LogP contribution in [0.1, 0.15) is 24.3 Å². The first kappa shape index (κ1) is 11.7. The molecule has 0 aliphatic carbocycles. The summed E-state index contributed by atoms with van der Waals surface area (Å²) in [6.07, 6.45) is 2.17. The van der Waals surface area contributed by atoms with Gasteiger partial charge in [0.25, 0.3) is 0 Å². The molecule has 5 heteroatoms. The summed E-state index contributed by atoms with van der Waals surface area (Å²) in [6.45, 7) is 1.91. The molecule has 1 heterocycles. The van der Waals surface area contributed by atoms with Crippen molar-refractivity contribution in [2.24, 2.45) is 5.14 Å². The molecule has 1 aromatic carbocycles. The van der Waals surface area contributed by atoms with E-state index in [1.165, 1.54) is 12.1 Å². The number of hydrogen-bond donors (Lipinski definition) is 2. The van der Waals surface area contributed by atoms with Gasteiger partial charge in [0.05, 0.1) is 4.90 Å². The Morgan fingerprint density at radius 1 is 1.50 bits per heavy atom. The smallest absolute Gasteiger partial charge is 0.140 e. The number of piperidine rings is 1. The van der Waals surface area contributed by atoms with Crippen LogP contribution in [0.15, 0.2) is 23.1 Å². The summed E-state index contributed by atoms with van der Waals surface area (Å²) in [6, 6.07) is 4.80. The molecule has 1 aliphatic heterocycles. The van der Waals surface area contributed by atoms with Gasteiger partial charge in [0.1, 0.15) is 16.8 Å². The standard InChI is InChI=1S/C11H15FN2OS/c12-10-6-8(3-4-11(10)16(13)15)9-2-1-5-14-7-9/h3-4,6,9,14H,1-2,5,7,13H2. The van der Waals surface area contributed by atoms with Crippen molar-refractivity contribution in [3.8, 4) is 0 Å². The Balaban J connectivity index is 2.23. The first-order chi connectivity index (χ1) is 7.68. The Morgan fingerprint density at radius 2 is 2.31 bits per heavy atom. The predicted molar refractivity (Wildman–Crippen MR) is 61.8 cm³/mol. The lowest BCUT2D eigenvalue weighted by atomic mass is 9.92. The maximum absolute atomic E-state index is 13.6. The minimum atomic E-state index is -1.74. The number of benzene rings is 1. The number of nitrogens with one attached hydrogen (secondary N) is 1. The Labute approximate surface area is 96.8 Å². The average molecular weight is 242 g/mol. The van der Waals surface area contributed by atoms with Gasteiger partial charge in [-0.15, -0.1) is 0 Å². The Morgan fingerprint density at radius 3 is 2.88 bits per heavy atom. The molecule has 16 heavy (non-hydrogen) atoms. The van der Waals surface area contributed by atoms with Crippen LogP contribution in [0, 0.1) is 5.82 Å². The van der Waals surface area contributed by atoms with Crippen molar-refractivity contribution in [3.63, 3.8) is 0 Å². The van der Waals surface area contributed by atoms with Crippen molar-refractivity contribution in [1.29, 1.82) is 0 Å². The summed E-state index contributed by atoms with van der Waals surface area (Å²) in [5.74, 6) is -0.118. The Hall–Kier alpha value is -0.780. The number of halogens is 1. The van der Waals surface area contributed by atoms with Crippen LogP contribution in [-0.2, 0) is 11.0 Å². The lowest BCUT2D eigenvalue weighted by Crippen LogP contribution is -2.28. The monoisotopic (exact) mass is 242 g/mol. The molecule has 0 amide bonds. The van der Waals surface area contributed by atoms with E-state index in [0.717, 1.165) is 31.5 Å². The van der Waals surface area contributed by atoms with E-state index in [-0.39, 0.29) is 4.90 Å². The van der Waals surface area contributed by atoms with Crippen LogP contribution in [0.5, 0.6) is 0 Å². The molecule has 3 N–H and O–H groups in total. The minimum Gasteiger partial charge on any atom is -0.316 e. The second kappa shape index (κ2) is 5.03. The lowest BCUT2D eigenvalue weighted by molar-refractivity contribution is 0.459. The second-order valence-corrected chi connectivity index (χ2v) is 5.07. The van der Waals surface area contributed by atoms with E-state index in [2.05, 4.69) is 5.32 Å². The highest BCUT2D eigenvalue weighted by Gasteiger charge is 2.17. The molecule has 0 radical (unpaired) electrons. The third kappa shape index (κ3) is 2.48. The number of hydrogen-bond acceptors (Lipinski definition) is 2. The van der Waals surface area contributed by atoms with Gasteiger partial charge in [-0.3, -0.25) is 0 Å². The molecule has 3 nitrogen and oxygen atoms in total. The molecule has 1 fully saturated rings. The highest BCUT2D eigenvalue weighted by atomic mass is 32.2. The van der Waals surface area contributed by atoms with Crippen LogP contribution in [0.25, 0.3) is 0 Å². The average Bonchev–Trinajstić information content (AvgIpc) is 2.29. The highest BCUT2D eigenvalue weighted by Crippen LogP contribution is 2.25. The van der Waals surface area contributed by atoms with E-state index in [1.54, 1.807) is 0 Å². The zero-order valence-electron chi connectivity index (χ0n) is 8.91. The van der Waals surface area contributed by atoms with E-state index >= 15 is 0 Å². The van der Waals surface area contributed by atoms with Crippen molar-refractivity contribution in [3.05, 3.63) is 29.6 Å². The summed E-state index contributed by atoms with van der Waals surface area (Å²) >= 11 is 0. The molecule has 1 aliphatic rings. The van der Waals surface area contributed by atoms with Crippen LogP contribution in [0.3, 0.4) is 0 Å². The van der Waals surface area contributed by atoms with E-state index < -0.39 is 16.8 Å². The predicted octanol–water partition coefficient (Wildman–Crippen LogP) is 1.27. The molecule has 2 atom stereocenters. The fourth-order valence-electron chi connectivity index (χ4n) is 2.07. The molecular weight excluding hydrogens is 227 g/mol. The van der Waals surface area contributed by atoms with Crippen LogP contribution in [0.2, 0.25) is 0 Å². The molecule has 0 bridgehead atoms. The quantitative estimate of drug-likeness (QED) is 0.820. The number of rotatable bonds is 2. The van der Waals surface area contributed by atoms with Crippen LogP contribution >= 0.6 is 0 Å². The SMILES string of the molecule is NS(=O)c1ccc(C2CCCNC2)cc1F. The van der Waals surface area contributed by atoms with Gasteiger partial charge in [-0.1, -0.05) is 6.07 Å². The van der Waals surface area contributed by atoms with Gasteiger partial charge in [0.15, 0.2) is 0 Å². The first-order valence-corrected chi connectivity index (χ1v) is 6.56. The topological polar surface area (TPSA) is 55.1 Å². The summed E-state index contributed by atoms with van der Waals surface area (Å²) in [5.41, 5.74) is 0.957. The fraction of sp³-hybridized carbons (Fsp3) is 0.455.